The first-order chi connectivity index (χ1) is 8.90. The molecule has 1 aliphatic heterocycles. The van der Waals surface area contributed by atoms with Crippen LogP contribution in [0.1, 0.15) is 33.6 Å². The van der Waals surface area contributed by atoms with Crippen molar-refractivity contribution in [2.45, 2.75) is 33.6 Å². The van der Waals surface area contributed by atoms with Crippen molar-refractivity contribution in [1.82, 2.24) is 10.6 Å². The highest BCUT2D eigenvalue weighted by atomic mass is 16.4. The van der Waals surface area contributed by atoms with Gasteiger partial charge < -0.3 is 15.7 Å². The van der Waals surface area contributed by atoms with Crippen molar-refractivity contribution in [3.05, 3.63) is 0 Å². The molecule has 0 aromatic rings. The lowest BCUT2D eigenvalue weighted by atomic mass is 9.93. The highest BCUT2D eigenvalue weighted by molar-refractivity contribution is 5.79. The van der Waals surface area contributed by atoms with E-state index in [-0.39, 0.29) is 24.2 Å². The number of rotatable bonds is 7. The van der Waals surface area contributed by atoms with Crippen LogP contribution in [0, 0.1) is 23.7 Å². The monoisotopic (exact) mass is 270 g/mol. The third-order valence-electron chi connectivity index (χ3n) is 3.69. The summed E-state index contributed by atoms with van der Waals surface area (Å²) < 4.78 is 0. The van der Waals surface area contributed by atoms with Crippen LogP contribution in [0.25, 0.3) is 0 Å². The number of amides is 1. The molecule has 19 heavy (non-hydrogen) atoms. The zero-order chi connectivity index (χ0) is 14.4. The third kappa shape index (κ3) is 5.59. The number of carboxylic acid groups (broad SMARTS) is 1. The Kier molecular flexibility index (Phi) is 6.28. The Bertz CT molecular complexity index is 318. The molecule has 0 saturated carbocycles. The smallest absolute Gasteiger partial charge is 0.303 e. The Morgan fingerprint density at radius 1 is 1.37 bits per heavy atom. The minimum atomic E-state index is -0.796. The van der Waals surface area contributed by atoms with Crippen LogP contribution in [0.5, 0.6) is 0 Å². The van der Waals surface area contributed by atoms with Crippen LogP contribution in [0.4, 0.5) is 0 Å². The lowest BCUT2D eigenvalue weighted by Gasteiger charge is -2.20. The fraction of sp³-hybridized carbons (Fsp3) is 0.857. The molecule has 0 spiro atoms. The van der Waals surface area contributed by atoms with Crippen molar-refractivity contribution in [3.63, 3.8) is 0 Å². The van der Waals surface area contributed by atoms with E-state index < -0.39 is 5.97 Å². The summed E-state index contributed by atoms with van der Waals surface area (Å²) in [5, 5.41) is 15.0. The zero-order valence-corrected chi connectivity index (χ0v) is 12.1. The first-order valence-electron chi connectivity index (χ1n) is 7.10. The van der Waals surface area contributed by atoms with Gasteiger partial charge in [-0.2, -0.15) is 0 Å². The van der Waals surface area contributed by atoms with E-state index in [1.807, 2.05) is 0 Å². The minimum absolute atomic E-state index is 0.0181. The number of carboxylic acids is 1. The van der Waals surface area contributed by atoms with E-state index in [0.29, 0.717) is 18.4 Å². The molecule has 1 fully saturated rings. The molecule has 1 saturated heterocycles. The van der Waals surface area contributed by atoms with Crippen LogP contribution in [0.15, 0.2) is 0 Å². The number of aliphatic carboxylic acids is 1. The Balaban J connectivity index is 2.41. The third-order valence-corrected chi connectivity index (χ3v) is 3.69. The van der Waals surface area contributed by atoms with Gasteiger partial charge in [0.25, 0.3) is 0 Å². The first kappa shape index (κ1) is 16.0. The van der Waals surface area contributed by atoms with Crippen LogP contribution < -0.4 is 10.6 Å². The molecule has 0 unspecified atom stereocenters. The van der Waals surface area contributed by atoms with Gasteiger partial charge in [-0.05, 0) is 30.7 Å². The summed E-state index contributed by atoms with van der Waals surface area (Å²) in [6.07, 6.45) is 0.946. The number of carbonyl (C=O) groups is 2. The summed E-state index contributed by atoms with van der Waals surface area (Å²) in [6, 6.07) is 0. The van der Waals surface area contributed by atoms with Crippen LogP contribution in [-0.4, -0.2) is 36.6 Å². The molecule has 3 atom stereocenters. The lowest BCUT2D eigenvalue weighted by molar-refractivity contribution is -0.138. The molecular formula is C14H26N2O3. The zero-order valence-electron chi connectivity index (χ0n) is 12.1. The SMILES string of the molecule is CC(C)C[C@H](CNC(=O)[C@@H]1CNC[C@H]1C)CC(=O)O. The average Bonchev–Trinajstić information content (AvgIpc) is 2.70. The van der Waals surface area contributed by atoms with Crippen molar-refractivity contribution < 1.29 is 14.7 Å². The molecule has 0 bridgehead atoms. The number of hydrogen-bond acceptors (Lipinski definition) is 3. The maximum atomic E-state index is 12.0. The molecule has 1 heterocycles. The number of nitrogens with one attached hydrogen (secondary N) is 2. The van der Waals surface area contributed by atoms with Crippen molar-refractivity contribution in [3.8, 4) is 0 Å². The van der Waals surface area contributed by atoms with Crippen molar-refractivity contribution in [2.75, 3.05) is 19.6 Å². The summed E-state index contributed by atoms with van der Waals surface area (Å²) in [6.45, 7) is 8.27. The van der Waals surface area contributed by atoms with Crippen LogP contribution in [0.3, 0.4) is 0 Å². The van der Waals surface area contributed by atoms with Gasteiger partial charge in [0.05, 0.1) is 5.92 Å². The van der Waals surface area contributed by atoms with Crippen molar-refractivity contribution in [1.29, 1.82) is 0 Å². The summed E-state index contributed by atoms with van der Waals surface area (Å²) in [5.41, 5.74) is 0. The van der Waals surface area contributed by atoms with Gasteiger partial charge in [0.15, 0.2) is 0 Å². The van der Waals surface area contributed by atoms with Crippen molar-refractivity contribution in [2.24, 2.45) is 23.7 Å². The predicted molar refractivity (Wildman–Crippen MR) is 73.7 cm³/mol. The van der Waals surface area contributed by atoms with E-state index in [0.717, 1.165) is 19.5 Å². The second kappa shape index (κ2) is 7.48. The maximum absolute atomic E-state index is 12.0. The molecule has 110 valence electrons. The molecule has 0 aromatic heterocycles. The molecule has 1 aliphatic rings. The average molecular weight is 270 g/mol. The molecule has 3 N–H and O–H groups in total. The van der Waals surface area contributed by atoms with Gasteiger partial charge >= 0.3 is 5.97 Å². The van der Waals surface area contributed by atoms with Gasteiger partial charge in [-0.1, -0.05) is 20.8 Å². The van der Waals surface area contributed by atoms with E-state index >= 15 is 0 Å². The second-order valence-corrected chi connectivity index (χ2v) is 6.08. The highest BCUT2D eigenvalue weighted by Gasteiger charge is 2.29. The van der Waals surface area contributed by atoms with E-state index in [1.54, 1.807) is 0 Å². The van der Waals surface area contributed by atoms with Gasteiger partial charge in [-0.25, -0.2) is 0 Å². The van der Waals surface area contributed by atoms with E-state index in [4.69, 9.17) is 5.11 Å². The van der Waals surface area contributed by atoms with Gasteiger partial charge in [-0.15, -0.1) is 0 Å². The molecule has 5 nitrogen and oxygen atoms in total. The maximum Gasteiger partial charge on any atom is 0.303 e. The minimum Gasteiger partial charge on any atom is -0.481 e. The summed E-state index contributed by atoms with van der Waals surface area (Å²) in [5.74, 6) is 0.0828. The van der Waals surface area contributed by atoms with Gasteiger partial charge in [-0.3, -0.25) is 9.59 Å². The quantitative estimate of drug-likeness (QED) is 0.647. The van der Waals surface area contributed by atoms with E-state index in [2.05, 4.69) is 31.4 Å². The van der Waals surface area contributed by atoms with E-state index in [1.165, 1.54) is 0 Å². The lowest BCUT2D eigenvalue weighted by Crippen LogP contribution is -2.37. The normalized spacial score (nSPS) is 24.4. The highest BCUT2D eigenvalue weighted by Crippen LogP contribution is 2.18. The summed E-state index contributed by atoms with van der Waals surface area (Å²) >= 11 is 0. The topological polar surface area (TPSA) is 78.4 Å². The number of carbonyl (C=O) groups excluding carboxylic acids is 1. The Morgan fingerprint density at radius 3 is 2.53 bits per heavy atom. The van der Waals surface area contributed by atoms with Crippen LogP contribution in [-0.2, 0) is 9.59 Å². The molecule has 5 heteroatoms. The Hall–Kier alpha value is -1.10. The molecule has 0 aromatic carbocycles. The standard InChI is InChI=1S/C14H26N2O3/c1-9(2)4-11(5-13(17)18)7-16-14(19)12-8-15-6-10(12)3/h9-12,15H,4-8H2,1-3H3,(H,16,19)(H,17,18)/t10-,11+,12-/m1/s1. The van der Waals surface area contributed by atoms with Crippen LogP contribution in [0.2, 0.25) is 0 Å². The van der Waals surface area contributed by atoms with Gasteiger partial charge in [0.2, 0.25) is 5.91 Å². The fourth-order valence-corrected chi connectivity index (χ4v) is 2.69. The predicted octanol–water partition coefficient (Wildman–Crippen LogP) is 1.10. The largest absolute Gasteiger partial charge is 0.481 e. The molecule has 1 amide bonds. The van der Waals surface area contributed by atoms with Crippen molar-refractivity contribution >= 4 is 11.9 Å². The van der Waals surface area contributed by atoms with Gasteiger partial charge in [0, 0.05) is 19.5 Å². The Labute approximate surface area is 115 Å². The second-order valence-electron chi connectivity index (χ2n) is 6.08. The summed E-state index contributed by atoms with van der Waals surface area (Å²) in [4.78, 5) is 22.9. The fourth-order valence-electron chi connectivity index (χ4n) is 2.69. The number of hydrogen-bond donors (Lipinski definition) is 3. The molecule has 0 aliphatic carbocycles. The first-order valence-corrected chi connectivity index (χ1v) is 7.10. The molecule has 0 radical (unpaired) electrons. The van der Waals surface area contributed by atoms with Gasteiger partial charge in [0.1, 0.15) is 0 Å². The van der Waals surface area contributed by atoms with E-state index in [9.17, 15) is 9.59 Å². The van der Waals surface area contributed by atoms with Crippen LogP contribution >= 0.6 is 0 Å². The Morgan fingerprint density at radius 2 is 2.05 bits per heavy atom. The summed E-state index contributed by atoms with van der Waals surface area (Å²) in [7, 11) is 0. The molecule has 1 rings (SSSR count). The molecular weight excluding hydrogens is 244 g/mol.